The SMILES string of the molecule is COc1cc(Br)cc(NC(=O)N(CC(=O)O)C2CC2)c1. The molecule has 0 atom stereocenters. The summed E-state index contributed by atoms with van der Waals surface area (Å²) in [5, 5.41) is 11.6. The van der Waals surface area contributed by atoms with E-state index in [1.54, 1.807) is 18.2 Å². The van der Waals surface area contributed by atoms with Crippen LogP contribution in [0, 0.1) is 0 Å². The first-order chi connectivity index (χ1) is 9.49. The predicted octanol–water partition coefficient (Wildman–Crippen LogP) is 2.54. The first kappa shape index (κ1) is 14.6. The lowest BCUT2D eigenvalue weighted by atomic mass is 10.3. The van der Waals surface area contributed by atoms with Crippen molar-refractivity contribution in [1.29, 1.82) is 0 Å². The number of carbonyl (C=O) groups is 2. The van der Waals surface area contributed by atoms with Crippen LogP contribution in [0.25, 0.3) is 0 Å². The Kier molecular flexibility index (Phi) is 4.49. The van der Waals surface area contributed by atoms with Crippen LogP contribution in [0.5, 0.6) is 5.75 Å². The van der Waals surface area contributed by atoms with Gasteiger partial charge >= 0.3 is 12.0 Å². The smallest absolute Gasteiger partial charge is 0.323 e. The molecule has 7 heteroatoms. The molecule has 20 heavy (non-hydrogen) atoms. The zero-order chi connectivity index (χ0) is 14.7. The molecule has 0 saturated heterocycles. The number of aliphatic carboxylic acids is 1. The summed E-state index contributed by atoms with van der Waals surface area (Å²) in [6.45, 7) is -0.290. The highest BCUT2D eigenvalue weighted by atomic mass is 79.9. The lowest BCUT2D eigenvalue weighted by Gasteiger charge is -2.21. The van der Waals surface area contributed by atoms with Gasteiger partial charge in [0.25, 0.3) is 0 Å². The molecule has 0 unspecified atom stereocenters. The van der Waals surface area contributed by atoms with Crippen LogP contribution in [0.15, 0.2) is 22.7 Å². The number of methoxy groups -OCH3 is 1. The van der Waals surface area contributed by atoms with E-state index in [4.69, 9.17) is 9.84 Å². The van der Waals surface area contributed by atoms with Gasteiger partial charge in [0, 0.05) is 22.3 Å². The van der Waals surface area contributed by atoms with Crippen LogP contribution in [-0.4, -0.2) is 41.7 Å². The molecule has 0 heterocycles. The maximum absolute atomic E-state index is 12.1. The molecule has 2 N–H and O–H groups in total. The fourth-order valence-electron chi connectivity index (χ4n) is 1.85. The number of amides is 2. The van der Waals surface area contributed by atoms with Gasteiger partial charge in [0.2, 0.25) is 0 Å². The zero-order valence-electron chi connectivity index (χ0n) is 10.9. The van der Waals surface area contributed by atoms with Crippen molar-refractivity contribution in [3.63, 3.8) is 0 Å². The number of urea groups is 1. The number of benzene rings is 1. The Bertz CT molecular complexity index is 531. The predicted molar refractivity (Wildman–Crippen MR) is 77.1 cm³/mol. The molecule has 1 saturated carbocycles. The third kappa shape index (κ3) is 3.86. The first-order valence-electron chi connectivity index (χ1n) is 6.13. The summed E-state index contributed by atoms with van der Waals surface area (Å²) < 4.78 is 5.88. The number of halogens is 1. The Morgan fingerprint density at radius 3 is 2.70 bits per heavy atom. The summed E-state index contributed by atoms with van der Waals surface area (Å²) in [7, 11) is 1.54. The monoisotopic (exact) mass is 342 g/mol. The number of rotatable bonds is 5. The number of ether oxygens (including phenoxy) is 1. The number of nitrogens with zero attached hydrogens (tertiary/aromatic N) is 1. The van der Waals surface area contributed by atoms with Crippen LogP contribution in [0.3, 0.4) is 0 Å². The largest absolute Gasteiger partial charge is 0.497 e. The van der Waals surface area contributed by atoms with Crippen molar-refractivity contribution in [3.05, 3.63) is 22.7 Å². The van der Waals surface area contributed by atoms with E-state index in [9.17, 15) is 9.59 Å². The van der Waals surface area contributed by atoms with Crippen LogP contribution in [0.2, 0.25) is 0 Å². The van der Waals surface area contributed by atoms with Gasteiger partial charge in [0.15, 0.2) is 0 Å². The number of nitrogens with one attached hydrogen (secondary N) is 1. The quantitative estimate of drug-likeness (QED) is 0.861. The summed E-state index contributed by atoms with van der Waals surface area (Å²) in [6.07, 6.45) is 1.70. The van der Waals surface area contributed by atoms with Gasteiger partial charge in [-0.25, -0.2) is 4.79 Å². The number of carboxylic acids is 1. The van der Waals surface area contributed by atoms with Crippen LogP contribution >= 0.6 is 15.9 Å². The van der Waals surface area contributed by atoms with Crippen LogP contribution in [-0.2, 0) is 4.79 Å². The van der Waals surface area contributed by atoms with Crippen molar-refractivity contribution >= 4 is 33.6 Å². The maximum atomic E-state index is 12.1. The van der Waals surface area contributed by atoms with Crippen molar-refractivity contribution < 1.29 is 19.4 Å². The lowest BCUT2D eigenvalue weighted by Crippen LogP contribution is -2.40. The van der Waals surface area contributed by atoms with E-state index < -0.39 is 12.0 Å². The minimum absolute atomic E-state index is 0.0279. The summed E-state index contributed by atoms with van der Waals surface area (Å²) in [6, 6.07) is 4.79. The molecule has 1 aromatic carbocycles. The van der Waals surface area contributed by atoms with Gasteiger partial charge < -0.3 is 20.1 Å². The average Bonchev–Trinajstić information content (AvgIpc) is 3.19. The molecule has 2 rings (SSSR count). The number of anilines is 1. The van der Waals surface area contributed by atoms with Gasteiger partial charge in [0.05, 0.1) is 7.11 Å². The summed E-state index contributed by atoms with van der Waals surface area (Å²) in [4.78, 5) is 24.3. The number of hydrogen-bond acceptors (Lipinski definition) is 3. The molecule has 0 aliphatic heterocycles. The van der Waals surface area contributed by atoms with Crippen LogP contribution < -0.4 is 10.1 Å². The number of hydrogen-bond donors (Lipinski definition) is 2. The van der Waals surface area contributed by atoms with E-state index in [1.807, 2.05) is 0 Å². The van der Waals surface area contributed by atoms with Gasteiger partial charge in [-0.2, -0.15) is 0 Å². The Labute approximate surface area is 124 Å². The molecule has 1 fully saturated rings. The molecule has 1 aliphatic rings. The molecule has 6 nitrogen and oxygen atoms in total. The zero-order valence-corrected chi connectivity index (χ0v) is 12.5. The number of carbonyl (C=O) groups excluding carboxylic acids is 1. The van der Waals surface area contributed by atoms with Gasteiger partial charge in [0.1, 0.15) is 12.3 Å². The summed E-state index contributed by atoms with van der Waals surface area (Å²) in [5.41, 5.74) is 0.553. The molecule has 0 spiro atoms. The Morgan fingerprint density at radius 1 is 1.45 bits per heavy atom. The normalized spacial score (nSPS) is 13.7. The second kappa shape index (κ2) is 6.13. The van der Waals surface area contributed by atoms with Crippen molar-refractivity contribution in [2.75, 3.05) is 19.0 Å². The van der Waals surface area contributed by atoms with Gasteiger partial charge in [-0.1, -0.05) is 15.9 Å². The topological polar surface area (TPSA) is 78.9 Å². The fraction of sp³-hybridized carbons (Fsp3) is 0.385. The van der Waals surface area contributed by atoms with E-state index in [-0.39, 0.29) is 12.6 Å². The second-order valence-corrected chi connectivity index (χ2v) is 5.48. The molecule has 0 aromatic heterocycles. The average molecular weight is 343 g/mol. The fourth-order valence-corrected chi connectivity index (χ4v) is 2.32. The number of carboxylic acid groups (broad SMARTS) is 1. The minimum atomic E-state index is -1.01. The third-order valence-corrected chi connectivity index (χ3v) is 3.37. The van der Waals surface area contributed by atoms with Crippen molar-refractivity contribution in [1.82, 2.24) is 4.90 Å². The molecule has 0 radical (unpaired) electrons. The van der Waals surface area contributed by atoms with E-state index in [1.165, 1.54) is 12.0 Å². The van der Waals surface area contributed by atoms with Crippen LogP contribution in [0.4, 0.5) is 10.5 Å². The summed E-state index contributed by atoms with van der Waals surface area (Å²) >= 11 is 3.32. The molecular formula is C13H15BrN2O4. The Morgan fingerprint density at radius 2 is 2.15 bits per heavy atom. The standard InChI is InChI=1S/C13H15BrN2O4/c1-20-11-5-8(14)4-9(6-11)15-13(19)16(7-12(17)18)10-2-3-10/h4-6,10H,2-3,7H2,1H3,(H,15,19)(H,17,18). The third-order valence-electron chi connectivity index (χ3n) is 2.91. The van der Waals surface area contributed by atoms with Crippen molar-refractivity contribution in [2.45, 2.75) is 18.9 Å². The Hall–Kier alpha value is -1.76. The highest BCUT2D eigenvalue weighted by Gasteiger charge is 2.33. The molecule has 2 amide bonds. The minimum Gasteiger partial charge on any atom is -0.497 e. The lowest BCUT2D eigenvalue weighted by molar-refractivity contribution is -0.137. The maximum Gasteiger partial charge on any atom is 0.323 e. The molecule has 108 valence electrons. The van der Waals surface area contributed by atoms with Crippen molar-refractivity contribution in [3.8, 4) is 5.75 Å². The van der Waals surface area contributed by atoms with Gasteiger partial charge in [-0.15, -0.1) is 0 Å². The van der Waals surface area contributed by atoms with Crippen molar-refractivity contribution in [2.24, 2.45) is 0 Å². The highest BCUT2D eigenvalue weighted by Crippen LogP contribution is 2.28. The second-order valence-electron chi connectivity index (χ2n) is 4.56. The molecular weight excluding hydrogens is 328 g/mol. The first-order valence-corrected chi connectivity index (χ1v) is 6.93. The van der Waals surface area contributed by atoms with Crippen LogP contribution in [0.1, 0.15) is 12.8 Å². The van der Waals surface area contributed by atoms with E-state index in [0.29, 0.717) is 11.4 Å². The Balaban J connectivity index is 2.09. The van der Waals surface area contributed by atoms with E-state index >= 15 is 0 Å². The van der Waals surface area contributed by atoms with E-state index in [2.05, 4.69) is 21.2 Å². The van der Waals surface area contributed by atoms with Gasteiger partial charge in [-0.3, -0.25) is 4.79 Å². The molecule has 0 bridgehead atoms. The van der Waals surface area contributed by atoms with Gasteiger partial charge in [-0.05, 0) is 25.0 Å². The molecule has 1 aliphatic carbocycles. The summed E-state index contributed by atoms with van der Waals surface area (Å²) in [5.74, 6) is -0.412. The highest BCUT2D eigenvalue weighted by molar-refractivity contribution is 9.10. The molecule has 1 aromatic rings. The van der Waals surface area contributed by atoms with E-state index in [0.717, 1.165) is 17.3 Å².